The smallest absolute Gasteiger partial charge is 0.311 e. The fraction of sp³-hybridized carbons (Fsp3) is 0.579. The minimum absolute atomic E-state index is 0.0382. The first-order valence-corrected chi connectivity index (χ1v) is 9.05. The first kappa shape index (κ1) is 18.4. The van der Waals surface area contributed by atoms with Gasteiger partial charge in [0, 0.05) is 24.5 Å². The summed E-state index contributed by atoms with van der Waals surface area (Å²) >= 11 is 0. The molecule has 26 heavy (non-hydrogen) atoms. The number of pyridine rings is 1. The van der Waals surface area contributed by atoms with E-state index in [-0.39, 0.29) is 24.4 Å². The highest BCUT2D eigenvalue weighted by molar-refractivity contribution is 5.98. The predicted octanol–water partition coefficient (Wildman–Crippen LogP) is 2.89. The van der Waals surface area contributed by atoms with Gasteiger partial charge in [0.05, 0.1) is 22.9 Å². The van der Waals surface area contributed by atoms with E-state index in [0.717, 1.165) is 11.0 Å². The van der Waals surface area contributed by atoms with E-state index in [1.807, 2.05) is 45.4 Å². The van der Waals surface area contributed by atoms with E-state index < -0.39 is 11.4 Å². The Labute approximate surface area is 153 Å². The number of carbonyl (C=O) groups is 2. The number of hydrogen-bond donors (Lipinski definition) is 1. The molecule has 0 bridgehead atoms. The van der Waals surface area contributed by atoms with Crippen LogP contribution in [0.15, 0.2) is 12.3 Å². The van der Waals surface area contributed by atoms with Crippen molar-refractivity contribution < 1.29 is 14.7 Å². The molecule has 7 heteroatoms. The van der Waals surface area contributed by atoms with E-state index >= 15 is 0 Å². The van der Waals surface area contributed by atoms with Gasteiger partial charge in [-0.05, 0) is 39.2 Å². The second-order valence-corrected chi connectivity index (χ2v) is 7.81. The standard InChI is InChI=1S/C19H26N4O3/c1-11(2)19(18(25)26)6-7-22(10-19)17(24)15-8-14-9-20-23(12(3)4)16(14)21-13(15)5/h8-9,11-12H,6-7,10H2,1-5H3,(H,25,26). The number of rotatable bonds is 4. The van der Waals surface area contributed by atoms with E-state index in [4.69, 9.17) is 0 Å². The Morgan fingerprint density at radius 3 is 2.50 bits per heavy atom. The van der Waals surface area contributed by atoms with Gasteiger partial charge in [-0.2, -0.15) is 5.10 Å². The molecule has 1 unspecified atom stereocenters. The number of carbonyl (C=O) groups excluding carboxylic acids is 1. The van der Waals surface area contributed by atoms with Crippen molar-refractivity contribution in [2.45, 2.75) is 47.1 Å². The first-order valence-electron chi connectivity index (χ1n) is 9.05. The van der Waals surface area contributed by atoms with Crippen LogP contribution in [0.2, 0.25) is 0 Å². The molecule has 1 N–H and O–H groups in total. The van der Waals surface area contributed by atoms with Crippen LogP contribution in [-0.2, 0) is 4.79 Å². The van der Waals surface area contributed by atoms with Crippen molar-refractivity contribution in [3.05, 3.63) is 23.5 Å². The van der Waals surface area contributed by atoms with Gasteiger partial charge in [0.2, 0.25) is 0 Å². The summed E-state index contributed by atoms with van der Waals surface area (Å²) in [6, 6.07) is 2.00. The summed E-state index contributed by atoms with van der Waals surface area (Å²) in [5.74, 6) is -1.02. The molecule has 0 spiro atoms. The minimum Gasteiger partial charge on any atom is -0.481 e. The monoisotopic (exact) mass is 358 g/mol. The number of aliphatic carboxylic acids is 1. The Balaban J connectivity index is 1.94. The van der Waals surface area contributed by atoms with Crippen LogP contribution in [0.3, 0.4) is 0 Å². The number of likely N-dealkylation sites (tertiary alicyclic amines) is 1. The number of aryl methyl sites for hydroxylation is 1. The Morgan fingerprint density at radius 1 is 1.27 bits per heavy atom. The summed E-state index contributed by atoms with van der Waals surface area (Å²) in [6.07, 6.45) is 2.20. The average molecular weight is 358 g/mol. The van der Waals surface area contributed by atoms with E-state index in [1.165, 1.54) is 0 Å². The predicted molar refractivity (Wildman–Crippen MR) is 98.1 cm³/mol. The lowest BCUT2D eigenvalue weighted by Gasteiger charge is -2.28. The summed E-state index contributed by atoms with van der Waals surface area (Å²) in [6.45, 7) is 10.4. The van der Waals surface area contributed by atoms with Gasteiger partial charge in [-0.15, -0.1) is 0 Å². The maximum Gasteiger partial charge on any atom is 0.311 e. The number of fused-ring (bicyclic) bond motifs is 1. The maximum absolute atomic E-state index is 13.1. The van der Waals surface area contributed by atoms with Gasteiger partial charge in [0.1, 0.15) is 0 Å². The topological polar surface area (TPSA) is 88.3 Å². The molecule has 2 aromatic heterocycles. The van der Waals surface area contributed by atoms with Crippen molar-refractivity contribution in [2.75, 3.05) is 13.1 Å². The highest BCUT2D eigenvalue weighted by Crippen LogP contribution is 2.39. The van der Waals surface area contributed by atoms with Crippen LogP contribution < -0.4 is 0 Å². The molecule has 0 aromatic carbocycles. The first-order chi connectivity index (χ1) is 12.2. The van der Waals surface area contributed by atoms with Crippen LogP contribution in [-0.4, -0.2) is 49.7 Å². The fourth-order valence-electron chi connectivity index (χ4n) is 3.73. The van der Waals surface area contributed by atoms with Crippen LogP contribution in [0.25, 0.3) is 11.0 Å². The number of amides is 1. The molecule has 0 radical (unpaired) electrons. The summed E-state index contributed by atoms with van der Waals surface area (Å²) in [7, 11) is 0. The van der Waals surface area contributed by atoms with Gasteiger partial charge in [-0.25, -0.2) is 9.67 Å². The second kappa shape index (κ2) is 6.37. The number of carboxylic acid groups (broad SMARTS) is 1. The van der Waals surface area contributed by atoms with Crippen LogP contribution in [0.1, 0.15) is 56.2 Å². The highest BCUT2D eigenvalue weighted by Gasteiger charge is 2.48. The Morgan fingerprint density at radius 2 is 1.96 bits per heavy atom. The van der Waals surface area contributed by atoms with E-state index in [2.05, 4.69) is 10.1 Å². The van der Waals surface area contributed by atoms with Crippen LogP contribution in [0.5, 0.6) is 0 Å². The van der Waals surface area contributed by atoms with Crippen molar-refractivity contribution in [1.82, 2.24) is 19.7 Å². The van der Waals surface area contributed by atoms with Crippen molar-refractivity contribution >= 4 is 22.9 Å². The molecule has 3 rings (SSSR count). The summed E-state index contributed by atoms with van der Waals surface area (Å²) in [5.41, 5.74) is 1.05. The van der Waals surface area contributed by atoms with Crippen molar-refractivity contribution in [2.24, 2.45) is 11.3 Å². The summed E-state index contributed by atoms with van der Waals surface area (Å²) < 4.78 is 1.83. The zero-order chi connectivity index (χ0) is 19.2. The molecule has 3 heterocycles. The van der Waals surface area contributed by atoms with Crippen LogP contribution in [0, 0.1) is 18.3 Å². The lowest BCUT2D eigenvalue weighted by Crippen LogP contribution is -2.40. The average Bonchev–Trinajstić information content (AvgIpc) is 3.18. The molecule has 1 aliphatic heterocycles. The Hall–Kier alpha value is -2.44. The van der Waals surface area contributed by atoms with E-state index in [1.54, 1.807) is 11.1 Å². The largest absolute Gasteiger partial charge is 0.481 e. The number of aromatic nitrogens is 3. The molecule has 1 aliphatic rings. The normalized spacial score (nSPS) is 20.5. The van der Waals surface area contributed by atoms with Gasteiger partial charge in [0.15, 0.2) is 5.65 Å². The quantitative estimate of drug-likeness (QED) is 0.908. The van der Waals surface area contributed by atoms with Crippen LogP contribution in [0.4, 0.5) is 0 Å². The van der Waals surface area contributed by atoms with Gasteiger partial charge >= 0.3 is 5.97 Å². The Bertz CT molecular complexity index is 871. The van der Waals surface area contributed by atoms with Gasteiger partial charge in [0.25, 0.3) is 5.91 Å². The molecule has 1 fully saturated rings. The molecule has 1 atom stereocenters. The fourth-order valence-corrected chi connectivity index (χ4v) is 3.73. The second-order valence-electron chi connectivity index (χ2n) is 7.81. The molecular formula is C19H26N4O3. The summed E-state index contributed by atoms with van der Waals surface area (Å²) in [4.78, 5) is 31.1. The third-order valence-corrected chi connectivity index (χ3v) is 5.60. The van der Waals surface area contributed by atoms with Gasteiger partial charge in [-0.1, -0.05) is 13.8 Å². The molecule has 0 aliphatic carbocycles. The van der Waals surface area contributed by atoms with E-state index in [9.17, 15) is 14.7 Å². The Kier molecular flexibility index (Phi) is 4.50. The summed E-state index contributed by atoms with van der Waals surface area (Å²) in [5, 5.41) is 14.9. The van der Waals surface area contributed by atoms with Crippen molar-refractivity contribution in [3.63, 3.8) is 0 Å². The van der Waals surface area contributed by atoms with Crippen molar-refractivity contribution in [3.8, 4) is 0 Å². The van der Waals surface area contributed by atoms with Gasteiger partial charge < -0.3 is 10.0 Å². The molecular weight excluding hydrogens is 332 g/mol. The number of hydrogen-bond acceptors (Lipinski definition) is 4. The molecule has 1 saturated heterocycles. The zero-order valence-electron chi connectivity index (χ0n) is 16.0. The molecule has 2 aromatic rings. The number of carboxylic acids is 1. The SMILES string of the molecule is Cc1nc2c(cnn2C(C)C)cc1C(=O)N1CCC(C(=O)O)(C(C)C)C1. The van der Waals surface area contributed by atoms with Crippen molar-refractivity contribution in [1.29, 1.82) is 0 Å². The molecule has 7 nitrogen and oxygen atoms in total. The minimum atomic E-state index is -0.871. The molecule has 0 saturated carbocycles. The highest BCUT2D eigenvalue weighted by atomic mass is 16.4. The van der Waals surface area contributed by atoms with E-state index in [0.29, 0.717) is 24.2 Å². The maximum atomic E-state index is 13.1. The lowest BCUT2D eigenvalue weighted by atomic mass is 9.76. The zero-order valence-corrected chi connectivity index (χ0v) is 16.0. The number of nitrogens with zero attached hydrogens (tertiary/aromatic N) is 4. The molecule has 140 valence electrons. The van der Waals surface area contributed by atoms with Gasteiger partial charge in [-0.3, -0.25) is 9.59 Å². The van der Waals surface area contributed by atoms with Crippen LogP contribution >= 0.6 is 0 Å². The third kappa shape index (κ3) is 2.75. The molecule has 1 amide bonds. The third-order valence-electron chi connectivity index (χ3n) is 5.60. The lowest BCUT2D eigenvalue weighted by molar-refractivity contribution is -0.150.